The molecule has 0 saturated carbocycles. The van der Waals surface area contributed by atoms with Crippen LogP contribution in [0.5, 0.6) is 0 Å². The first-order chi connectivity index (χ1) is 5.79. The van der Waals surface area contributed by atoms with Gasteiger partial charge in [-0.1, -0.05) is 0 Å². The largest absolute Gasteiger partial charge is 0.271 e. The summed E-state index contributed by atoms with van der Waals surface area (Å²) in [5.74, 6) is 0. The second-order valence-corrected chi connectivity index (χ2v) is 2.49. The lowest BCUT2D eigenvalue weighted by atomic mass is 10.4. The maximum atomic E-state index is 4.07. The number of aromatic nitrogens is 6. The monoisotopic (exact) mass is 164 g/mol. The van der Waals surface area contributed by atoms with Crippen LogP contribution in [0.4, 0.5) is 0 Å². The van der Waals surface area contributed by atoms with Crippen LogP contribution in [0.1, 0.15) is 5.69 Å². The molecular formula is C6H8N6. The first-order valence-electron chi connectivity index (χ1n) is 3.51. The Morgan fingerprint density at radius 1 is 1.42 bits per heavy atom. The van der Waals surface area contributed by atoms with Crippen molar-refractivity contribution < 1.29 is 0 Å². The van der Waals surface area contributed by atoms with Gasteiger partial charge in [0, 0.05) is 7.05 Å². The summed E-state index contributed by atoms with van der Waals surface area (Å²) >= 11 is 0. The highest BCUT2D eigenvalue weighted by Crippen LogP contribution is 2.08. The lowest BCUT2D eigenvalue weighted by molar-refractivity contribution is 0.732. The van der Waals surface area contributed by atoms with Crippen LogP contribution in [0.25, 0.3) is 5.69 Å². The van der Waals surface area contributed by atoms with E-state index in [1.54, 1.807) is 21.9 Å². The highest BCUT2D eigenvalue weighted by atomic mass is 15.5. The molecule has 0 radical (unpaired) electrons. The summed E-state index contributed by atoms with van der Waals surface area (Å²) in [6.45, 7) is 1.96. The van der Waals surface area contributed by atoms with Crippen LogP contribution in [-0.4, -0.2) is 30.0 Å². The van der Waals surface area contributed by atoms with Gasteiger partial charge in [-0.05, 0) is 17.4 Å². The summed E-state index contributed by atoms with van der Waals surface area (Å²) in [5, 5.41) is 14.9. The Balaban J connectivity index is 2.55. The molecule has 6 nitrogen and oxygen atoms in total. The fourth-order valence-corrected chi connectivity index (χ4v) is 0.984. The summed E-state index contributed by atoms with van der Waals surface area (Å²) in [6.07, 6.45) is 3.27. The molecule has 2 aromatic heterocycles. The molecule has 0 spiro atoms. The van der Waals surface area contributed by atoms with Crippen molar-refractivity contribution in [2.75, 3.05) is 0 Å². The smallest absolute Gasteiger partial charge is 0.144 e. The minimum Gasteiger partial charge on any atom is -0.271 e. The van der Waals surface area contributed by atoms with Gasteiger partial charge >= 0.3 is 0 Å². The van der Waals surface area contributed by atoms with Gasteiger partial charge in [-0.15, -0.1) is 5.10 Å². The second-order valence-electron chi connectivity index (χ2n) is 2.49. The van der Waals surface area contributed by atoms with Gasteiger partial charge in [0.05, 0.1) is 11.9 Å². The zero-order valence-electron chi connectivity index (χ0n) is 6.84. The standard InChI is InChI=1S/C6H8N6/c1-5-6(3-8-11(5)2)12-4-7-9-10-12/h3-4H,1-2H3. The fraction of sp³-hybridized carbons (Fsp3) is 0.333. The number of tetrazole rings is 1. The normalized spacial score (nSPS) is 10.5. The Kier molecular flexibility index (Phi) is 1.39. The van der Waals surface area contributed by atoms with Gasteiger partial charge in [-0.2, -0.15) is 9.78 Å². The van der Waals surface area contributed by atoms with Crippen LogP contribution in [0.2, 0.25) is 0 Å². The fourth-order valence-electron chi connectivity index (χ4n) is 0.984. The average molecular weight is 164 g/mol. The predicted molar refractivity (Wildman–Crippen MR) is 40.7 cm³/mol. The third kappa shape index (κ3) is 0.884. The Labute approximate surface area is 68.8 Å². The van der Waals surface area contributed by atoms with E-state index < -0.39 is 0 Å². The van der Waals surface area contributed by atoms with Gasteiger partial charge in [-0.25, -0.2) is 0 Å². The van der Waals surface area contributed by atoms with Crippen molar-refractivity contribution in [2.45, 2.75) is 6.92 Å². The SMILES string of the molecule is Cc1c(-n2cnnn2)cnn1C. The molecule has 2 rings (SSSR count). The quantitative estimate of drug-likeness (QED) is 0.580. The van der Waals surface area contributed by atoms with Crippen molar-refractivity contribution in [3.63, 3.8) is 0 Å². The molecule has 0 bridgehead atoms. The Bertz CT molecular complexity index is 373. The van der Waals surface area contributed by atoms with E-state index >= 15 is 0 Å². The lowest BCUT2D eigenvalue weighted by Crippen LogP contribution is -1.98. The van der Waals surface area contributed by atoms with Gasteiger partial charge in [-0.3, -0.25) is 4.68 Å². The summed E-state index contributed by atoms with van der Waals surface area (Å²) in [7, 11) is 1.88. The molecule has 0 aliphatic rings. The summed E-state index contributed by atoms with van der Waals surface area (Å²) in [4.78, 5) is 0. The third-order valence-corrected chi connectivity index (χ3v) is 1.81. The lowest BCUT2D eigenvalue weighted by Gasteiger charge is -1.96. The molecule has 0 aromatic carbocycles. The number of hydrogen-bond donors (Lipinski definition) is 0. The first kappa shape index (κ1) is 6.96. The zero-order chi connectivity index (χ0) is 8.55. The Morgan fingerprint density at radius 3 is 2.75 bits per heavy atom. The van der Waals surface area contributed by atoms with Gasteiger partial charge in [0.1, 0.15) is 12.0 Å². The van der Waals surface area contributed by atoms with Gasteiger partial charge < -0.3 is 0 Å². The maximum Gasteiger partial charge on any atom is 0.144 e. The van der Waals surface area contributed by atoms with Crippen LogP contribution >= 0.6 is 0 Å². The van der Waals surface area contributed by atoms with Gasteiger partial charge in [0.2, 0.25) is 0 Å². The molecular weight excluding hydrogens is 156 g/mol. The third-order valence-electron chi connectivity index (χ3n) is 1.81. The molecule has 0 fully saturated rings. The number of aryl methyl sites for hydroxylation is 1. The zero-order valence-corrected chi connectivity index (χ0v) is 6.84. The van der Waals surface area contributed by atoms with E-state index in [2.05, 4.69) is 20.6 Å². The van der Waals surface area contributed by atoms with Crippen molar-refractivity contribution in [3.05, 3.63) is 18.2 Å². The molecule has 0 N–H and O–H groups in total. The van der Waals surface area contributed by atoms with E-state index in [4.69, 9.17) is 0 Å². The van der Waals surface area contributed by atoms with Crippen molar-refractivity contribution >= 4 is 0 Å². The van der Waals surface area contributed by atoms with Crippen molar-refractivity contribution in [3.8, 4) is 5.69 Å². The van der Waals surface area contributed by atoms with E-state index in [9.17, 15) is 0 Å². The Morgan fingerprint density at radius 2 is 2.25 bits per heavy atom. The average Bonchev–Trinajstić information content (AvgIpc) is 2.64. The Hall–Kier alpha value is -1.72. The molecule has 0 aliphatic carbocycles. The first-order valence-corrected chi connectivity index (χ1v) is 3.51. The molecule has 12 heavy (non-hydrogen) atoms. The van der Waals surface area contributed by atoms with E-state index in [-0.39, 0.29) is 0 Å². The minimum atomic E-state index is 0.905. The second kappa shape index (κ2) is 2.40. The van der Waals surface area contributed by atoms with Crippen LogP contribution in [0.3, 0.4) is 0 Å². The van der Waals surface area contributed by atoms with Crippen LogP contribution in [-0.2, 0) is 7.05 Å². The molecule has 0 amide bonds. The minimum absolute atomic E-state index is 0.905. The molecule has 0 unspecified atom stereocenters. The molecule has 0 atom stereocenters. The molecule has 0 saturated heterocycles. The van der Waals surface area contributed by atoms with Crippen molar-refractivity contribution in [1.82, 2.24) is 30.0 Å². The molecule has 62 valence electrons. The number of hydrogen-bond acceptors (Lipinski definition) is 4. The van der Waals surface area contributed by atoms with E-state index in [1.807, 2.05) is 14.0 Å². The van der Waals surface area contributed by atoms with Crippen LogP contribution in [0.15, 0.2) is 12.5 Å². The predicted octanol–water partition coefficient (Wildman–Crippen LogP) is -0.296. The van der Waals surface area contributed by atoms with Crippen molar-refractivity contribution in [1.29, 1.82) is 0 Å². The molecule has 2 aromatic rings. The molecule has 0 aliphatic heterocycles. The highest BCUT2D eigenvalue weighted by Gasteiger charge is 2.05. The summed E-state index contributed by atoms with van der Waals surface area (Å²) in [5.41, 5.74) is 1.94. The number of rotatable bonds is 1. The van der Waals surface area contributed by atoms with E-state index in [1.165, 1.54) is 0 Å². The number of nitrogens with zero attached hydrogens (tertiary/aromatic N) is 6. The van der Waals surface area contributed by atoms with Gasteiger partial charge in [0.25, 0.3) is 0 Å². The highest BCUT2D eigenvalue weighted by molar-refractivity contribution is 5.31. The van der Waals surface area contributed by atoms with E-state index in [0.29, 0.717) is 0 Å². The van der Waals surface area contributed by atoms with Gasteiger partial charge in [0.15, 0.2) is 0 Å². The topological polar surface area (TPSA) is 61.4 Å². The van der Waals surface area contributed by atoms with Crippen LogP contribution in [0, 0.1) is 6.92 Å². The summed E-state index contributed by atoms with van der Waals surface area (Å²) < 4.78 is 3.36. The van der Waals surface area contributed by atoms with Crippen LogP contribution < -0.4 is 0 Å². The van der Waals surface area contributed by atoms with E-state index in [0.717, 1.165) is 11.4 Å². The summed E-state index contributed by atoms with van der Waals surface area (Å²) in [6, 6.07) is 0. The van der Waals surface area contributed by atoms with Crippen molar-refractivity contribution in [2.24, 2.45) is 7.05 Å². The maximum absolute atomic E-state index is 4.07. The molecule has 6 heteroatoms. The molecule has 2 heterocycles.